The lowest BCUT2D eigenvalue weighted by atomic mass is 9.82. The van der Waals surface area contributed by atoms with Crippen molar-refractivity contribution in [3.63, 3.8) is 0 Å². The second-order valence-electron chi connectivity index (χ2n) is 9.15. The predicted octanol–water partition coefficient (Wildman–Crippen LogP) is 4.05. The number of anilines is 3. The maximum absolute atomic E-state index is 13.3. The Morgan fingerprint density at radius 2 is 1.69 bits per heavy atom. The number of alkyl halides is 2. The molecule has 4 N–H and O–H groups in total. The summed E-state index contributed by atoms with van der Waals surface area (Å²) in [5.74, 6) is 0.794. The van der Waals surface area contributed by atoms with Crippen molar-refractivity contribution < 1.29 is 28.1 Å². The van der Waals surface area contributed by atoms with Crippen molar-refractivity contribution in [1.29, 1.82) is 0 Å². The van der Waals surface area contributed by atoms with Gasteiger partial charge >= 0.3 is 6.29 Å². The summed E-state index contributed by atoms with van der Waals surface area (Å²) in [6.07, 6.45) is -2.86. The van der Waals surface area contributed by atoms with Gasteiger partial charge in [0.05, 0.1) is 11.8 Å². The van der Waals surface area contributed by atoms with Crippen molar-refractivity contribution in [1.82, 2.24) is 0 Å². The van der Waals surface area contributed by atoms with Crippen LogP contribution in [0.3, 0.4) is 0 Å². The van der Waals surface area contributed by atoms with E-state index in [1.807, 2.05) is 32.0 Å². The second kappa shape index (κ2) is 8.33. The number of hydrogen-bond donors (Lipinski definition) is 4. The van der Waals surface area contributed by atoms with E-state index in [4.69, 9.17) is 4.74 Å². The molecule has 0 spiro atoms. The van der Waals surface area contributed by atoms with E-state index in [0.717, 1.165) is 12.1 Å². The van der Waals surface area contributed by atoms with Crippen molar-refractivity contribution in [3.05, 3.63) is 36.4 Å². The molecule has 1 aliphatic carbocycles. The van der Waals surface area contributed by atoms with Gasteiger partial charge < -0.3 is 35.3 Å². The van der Waals surface area contributed by atoms with Crippen LogP contribution in [-0.2, 0) is 0 Å². The van der Waals surface area contributed by atoms with E-state index in [0.29, 0.717) is 23.5 Å². The zero-order chi connectivity index (χ0) is 25.7. The van der Waals surface area contributed by atoms with Crippen LogP contribution < -0.4 is 30.2 Å². The molecule has 0 amide bonds. The number of ether oxygens (including phenoxy) is 3. The third kappa shape index (κ3) is 4.06. The standard InChI is InChI=1S/C24H26F2N6O4/c1-22-10-9-19(33)23(22,2)32-15-11-13(5-7-16(15)34-22)29-20(27-3)31-21(28-4)30-14-6-8-17-18(12-14)36-24(25,26)35-17/h5-8,11-12,19,32-33H,4,9-10H2,1-3H3,(H2,27,29,30,31). The van der Waals surface area contributed by atoms with Crippen LogP contribution in [0.4, 0.5) is 25.8 Å². The maximum Gasteiger partial charge on any atom is 0.586 e. The molecule has 2 aliphatic heterocycles. The van der Waals surface area contributed by atoms with Crippen molar-refractivity contribution in [2.75, 3.05) is 23.0 Å². The summed E-state index contributed by atoms with van der Waals surface area (Å²) in [5.41, 5.74) is 0.644. The Morgan fingerprint density at radius 3 is 2.42 bits per heavy atom. The highest BCUT2D eigenvalue weighted by atomic mass is 19.3. The summed E-state index contributed by atoms with van der Waals surface area (Å²) in [7, 11) is 1.55. The van der Waals surface area contributed by atoms with Crippen LogP contribution in [0.1, 0.15) is 26.7 Å². The van der Waals surface area contributed by atoms with Crippen molar-refractivity contribution in [2.24, 2.45) is 15.0 Å². The molecule has 0 aromatic heterocycles. The van der Waals surface area contributed by atoms with E-state index in [2.05, 4.69) is 47.1 Å². The van der Waals surface area contributed by atoms with E-state index in [1.54, 1.807) is 7.05 Å². The first-order chi connectivity index (χ1) is 17.0. The van der Waals surface area contributed by atoms with Crippen molar-refractivity contribution in [3.8, 4) is 17.2 Å². The number of hydrogen-bond acceptors (Lipinski definition) is 6. The molecule has 10 nitrogen and oxygen atoms in total. The maximum atomic E-state index is 13.3. The summed E-state index contributed by atoms with van der Waals surface area (Å²) in [4.78, 5) is 12.3. The fraction of sp³-hybridized carbons (Fsp3) is 0.375. The lowest BCUT2D eigenvalue weighted by molar-refractivity contribution is -0.286. The fourth-order valence-corrected chi connectivity index (χ4v) is 4.62. The highest BCUT2D eigenvalue weighted by molar-refractivity contribution is 6.07. The molecular weight excluding hydrogens is 474 g/mol. The number of rotatable bonds is 2. The Morgan fingerprint density at radius 1 is 1.03 bits per heavy atom. The zero-order valence-corrected chi connectivity index (χ0v) is 19.9. The average Bonchev–Trinajstić information content (AvgIpc) is 3.26. The minimum atomic E-state index is -3.71. The summed E-state index contributed by atoms with van der Waals surface area (Å²) in [6.45, 7) is 7.47. The quantitative estimate of drug-likeness (QED) is 0.363. The number of fused-ring (bicyclic) bond motifs is 3. The molecular formula is C24H26F2N6O4. The molecule has 2 heterocycles. The Bertz CT molecular complexity index is 1290. The summed E-state index contributed by atoms with van der Waals surface area (Å²) in [5, 5.41) is 20.0. The summed E-state index contributed by atoms with van der Waals surface area (Å²) >= 11 is 0. The molecule has 3 atom stereocenters. The molecule has 1 saturated carbocycles. The van der Waals surface area contributed by atoms with Crippen LogP contribution in [-0.4, -0.2) is 54.3 Å². The lowest BCUT2D eigenvalue weighted by Crippen LogP contribution is -2.62. The van der Waals surface area contributed by atoms with E-state index in [9.17, 15) is 13.9 Å². The van der Waals surface area contributed by atoms with Gasteiger partial charge in [-0.2, -0.15) is 4.99 Å². The van der Waals surface area contributed by atoms with Gasteiger partial charge in [0, 0.05) is 24.5 Å². The number of guanidine groups is 2. The van der Waals surface area contributed by atoms with Gasteiger partial charge in [-0.15, -0.1) is 8.78 Å². The Kier molecular flexibility index (Phi) is 5.51. The zero-order valence-electron chi connectivity index (χ0n) is 19.9. The van der Waals surface area contributed by atoms with Crippen LogP contribution in [0.25, 0.3) is 0 Å². The molecule has 0 bridgehead atoms. The first-order valence-corrected chi connectivity index (χ1v) is 11.3. The van der Waals surface area contributed by atoms with Gasteiger partial charge in [-0.05, 0) is 63.7 Å². The minimum absolute atomic E-state index is 0.0719. The molecule has 12 heteroatoms. The molecule has 2 aromatic rings. The molecule has 5 rings (SSSR count). The van der Waals surface area contributed by atoms with Gasteiger partial charge in [-0.25, -0.2) is 4.99 Å². The number of benzene rings is 2. The smallest absolute Gasteiger partial charge is 0.483 e. The Balaban J connectivity index is 1.32. The fourth-order valence-electron chi connectivity index (χ4n) is 4.62. The minimum Gasteiger partial charge on any atom is -0.483 e. The van der Waals surface area contributed by atoms with Crippen LogP contribution >= 0.6 is 0 Å². The number of halogens is 2. The summed E-state index contributed by atoms with van der Waals surface area (Å²) in [6, 6.07) is 9.71. The normalized spacial score (nSPS) is 27.9. The van der Waals surface area contributed by atoms with E-state index < -0.39 is 23.5 Å². The van der Waals surface area contributed by atoms with E-state index in [-0.39, 0.29) is 23.4 Å². The highest BCUT2D eigenvalue weighted by Crippen LogP contribution is 2.50. The Hall–Kier alpha value is -3.93. The van der Waals surface area contributed by atoms with Gasteiger partial charge in [0.1, 0.15) is 16.9 Å². The van der Waals surface area contributed by atoms with Crippen molar-refractivity contribution >= 4 is 35.7 Å². The van der Waals surface area contributed by atoms with Gasteiger partial charge in [-0.3, -0.25) is 4.99 Å². The summed E-state index contributed by atoms with van der Waals surface area (Å²) < 4.78 is 41.7. The number of nitrogens with zero attached hydrogens (tertiary/aromatic N) is 3. The SMILES string of the molecule is C=N/C(=N\C(=NC)Nc1ccc2c(c1)NC1(C)C(O)CCC1(C)O2)Nc1ccc2c(c1)OC(F)(F)O2. The van der Waals surface area contributed by atoms with Crippen molar-refractivity contribution in [2.45, 2.75) is 50.2 Å². The highest BCUT2D eigenvalue weighted by Gasteiger charge is 2.58. The molecule has 1 fully saturated rings. The molecule has 190 valence electrons. The first-order valence-electron chi connectivity index (χ1n) is 11.3. The van der Waals surface area contributed by atoms with Gasteiger partial charge in [-0.1, -0.05) is 0 Å². The largest absolute Gasteiger partial charge is 0.586 e. The van der Waals surface area contributed by atoms with Crippen LogP contribution in [0.5, 0.6) is 17.2 Å². The molecule has 36 heavy (non-hydrogen) atoms. The third-order valence-electron chi connectivity index (χ3n) is 6.86. The number of aliphatic hydroxyl groups excluding tert-OH is 1. The van der Waals surface area contributed by atoms with Gasteiger partial charge in [0.2, 0.25) is 11.9 Å². The first kappa shape index (κ1) is 23.8. The number of aliphatic imine (C=N–C) groups is 3. The van der Waals surface area contributed by atoms with Crippen LogP contribution in [0.2, 0.25) is 0 Å². The second-order valence-corrected chi connectivity index (χ2v) is 9.15. The molecule has 0 radical (unpaired) electrons. The predicted molar refractivity (Wildman–Crippen MR) is 133 cm³/mol. The number of nitrogens with one attached hydrogen (secondary N) is 3. The molecule has 2 aromatic carbocycles. The monoisotopic (exact) mass is 500 g/mol. The number of aliphatic hydroxyl groups is 1. The van der Waals surface area contributed by atoms with E-state index >= 15 is 0 Å². The molecule has 0 saturated heterocycles. The topological polar surface area (TPSA) is 121 Å². The van der Waals surface area contributed by atoms with Gasteiger partial charge in [0.15, 0.2) is 11.5 Å². The van der Waals surface area contributed by atoms with Gasteiger partial charge in [0.25, 0.3) is 0 Å². The molecule has 3 aliphatic rings. The lowest BCUT2D eigenvalue weighted by Gasteiger charge is -2.48. The Labute approximate surface area is 206 Å². The average molecular weight is 501 g/mol. The molecule has 3 unspecified atom stereocenters. The third-order valence-corrected chi connectivity index (χ3v) is 6.86. The van der Waals surface area contributed by atoms with Crippen LogP contribution in [0, 0.1) is 0 Å². The van der Waals surface area contributed by atoms with E-state index in [1.165, 1.54) is 18.2 Å². The van der Waals surface area contributed by atoms with Crippen LogP contribution in [0.15, 0.2) is 51.4 Å².